The van der Waals surface area contributed by atoms with Gasteiger partial charge in [-0.05, 0) is 25.3 Å². The number of hydrogen-bond donors (Lipinski definition) is 3. The highest BCUT2D eigenvalue weighted by molar-refractivity contribution is 7.98. The molecule has 1 aromatic carbocycles. The molecule has 94 valence electrons. The highest BCUT2D eigenvalue weighted by Gasteiger charge is 2.13. The summed E-state index contributed by atoms with van der Waals surface area (Å²) in [5.74, 6) is -0.161. The fourth-order valence-corrected chi connectivity index (χ4v) is 1.90. The number of nitrogens with one attached hydrogen (secondary N) is 1. The Kier molecular flexibility index (Phi) is 5.47. The van der Waals surface area contributed by atoms with Crippen molar-refractivity contribution in [3.05, 3.63) is 29.8 Å². The van der Waals surface area contributed by atoms with Crippen LogP contribution in [0.2, 0.25) is 0 Å². The van der Waals surface area contributed by atoms with Gasteiger partial charge in [-0.15, -0.1) is 11.8 Å². The SMILES string of the molecule is CSc1ccccc1C(=O)NCC(N)C(C)O. The standard InChI is InChI=1S/C12H18N2O2S/c1-8(15)10(13)7-14-12(16)9-5-3-4-6-11(9)17-2/h3-6,8,10,15H,7,13H2,1-2H3,(H,14,16). The third-order valence-corrected chi connectivity index (χ3v) is 3.27. The lowest BCUT2D eigenvalue weighted by Crippen LogP contribution is -2.43. The van der Waals surface area contributed by atoms with Gasteiger partial charge in [-0.2, -0.15) is 0 Å². The quantitative estimate of drug-likeness (QED) is 0.681. The van der Waals surface area contributed by atoms with Crippen LogP contribution in [-0.4, -0.2) is 36.0 Å². The number of aliphatic hydroxyl groups excluding tert-OH is 1. The molecule has 0 saturated carbocycles. The van der Waals surface area contributed by atoms with Crippen LogP contribution in [0.4, 0.5) is 0 Å². The number of aliphatic hydroxyl groups is 1. The van der Waals surface area contributed by atoms with E-state index in [2.05, 4.69) is 5.32 Å². The van der Waals surface area contributed by atoms with Crippen molar-refractivity contribution in [3.8, 4) is 0 Å². The monoisotopic (exact) mass is 254 g/mol. The van der Waals surface area contributed by atoms with Crippen molar-refractivity contribution in [1.29, 1.82) is 0 Å². The lowest BCUT2D eigenvalue weighted by molar-refractivity contribution is 0.0934. The second-order valence-corrected chi connectivity index (χ2v) is 4.66. The molecule has 0 radical (unpaired) electrons. The van der Waals surface area contributed by atoms with E-state index in [9.17, 15) is 9.90 Å². The number of amides is 1. The maximum absolute atomic E-state index is 11.9. The second-order valence-electron chi connectivity index (χ2n) is 3.81. The number of nitrogens with two attached hydrogens (primary N) is 1. The summed E-state index contributed by atoms with van der Waals surface area (Å²) in [4.78, 5) is 12.8. The highest BCUT2D eigenvalue weighted by Crippen LogP contribution is 2.19. The molecule has 0 fully saturated rings. The van der Waals surface area contributed by atoms with E-state index in [1.54, 1.807) is 13.0 Å². The molecule has 1 amide bonds. The van der Waals surface area contributed by atoms with Crippen molar-refractivity contribution < 1.29 is 9.90 Å². The minimum atomic E-state index is -0.633. The molecule has 0 spiro atoms. The van der Waals surface area contributed by atoms with Gasteiger partial charge in [0.2, 0.25) is 0 Å². The molecular weight excluding hydrogens is 236 g/mol. The average Bonchev–Trinajstić information content (AvgIpc) is 2.35. The van der Waals surface area contributed by atoms with Crippen LogP contribution in [0, 0.1) is 0 Å². The Bertz CT molecular complexity index is 383. The van der Waals surface area contributed by atoms with Crippen LogP contribution >= 0.6 is 11.8 Å². The van der Waals surface area contributed by atoms with Gasteiger partial charge < -0.3 is 16.2 Å². The van der Waals surface area contributed by atoms with E-state index in [-0.39, 0.29) is 12.5 Å². The van der Waals surface area contributed by atoms with Crippen LogP contribution in [0.5, 0.6) is 0 Å². The van der Waals surface area contributed by atoms with Gasteiger partial charge in [-0.3, -0.25) is 4.79 Å². The molecule has 4 N–H and O–H groups in total. The van der Waals surface area contributed by atoms with Gasteiger partial charge in [-0.1, -0.05) is 12.1 Å². The maximum atomic E-state index is 11.9. The zero-order valence-electron chi connectivity index (χ0n) is 10.0. The fraction of sp³-hybridized carbons (Fsp3) is 0.417. The molecule has 0 aliphatic heterocycles. The molecule has 0 aliphatic rings. The van der Waals surface area contributed by atoms with Gasteiger partial charge in [0.1, 0.15) is 0 Å². The van der Waals surface area contributed by atoms with Crippen molar-refractivity contribution in [1.82, 2.24) is 5.32 Å². The number of carbonyl (C=O) groups excluding carboxylic acids is 1. The van der Waals surface area contributed by atoms with E-state index in [1.807, 2.05) is 24.5 Å². The third-order valence-electron chi connectivity index (χ3n) is 2.47. The molecule has 2 atom stereocenters. The van der Waals surface area contributed by atoms with E-state index in [0.29, 0.717) is 5.56 Å². The van der Waals surface area contributed by atoms with Crippen molar-refractivity contribution >= 4 is 17.7 Å². The Morgan fingerprint density at radius 2 is 2.18 bits per heavy atom. The van der Waals surface area contributed by atoms with Crippen molar-refractivity contribution in [3.63, 3.8) is 0 Å². The summed E-state index contributed by atoms with van der Waals surface area (Å²) in [6.45, 7) is 1.87. The molecule has 17 heavy (non-hydrogen) atoms. The number of rotatable bonds is 5. The molecule has 0 aliphatic carbocycles. The van der Waals surface area contributed by atoms with Crippen molar-refractivity contribution in [2.24, 2.45) is 5.73 Å². The Morgan fingerprint density at radius 3 is 2.76 bits per heavy atom. The van der Waals surface area contributed by atoms with Crippen LogP contribution < -0.4 is 11.1 Å². The number of carbonyl (C=O) groups is 1. The smallest absolute Gasteiger partial charge is 0.252 e. The average molecular weight is 254 g/mol. The van der Waals surface area contributed by atoms with Gasteiger partial charge in [0.05, 0.1) is 11.7 Å². The lowest BCUT2D eigenvalue weighted by Gasteiger charge is -2.15. The Hall–Kier alpha value is -1.04. The fourth-order valence-electron chi connectivity index (χ4n) is 1.31. The maximum Gasteiger partial charge on any atom is 0.252 e. The van der Waals surface area contributed by atoms with E-state index in [1.165, 1.54) is 11.8 Å². The van der Waals surface area contributed by atoms with Crippen molar-refractivity contribution in [2.75, 3.05) is 12.8 Å². The number of hydrogen-bond acceptors (Lipinski definition) is 4. The van der Waals surface area contributed by atoms with E-state index >= 15 is 0 Å². The van der Waals surface area contributed by atoms with Crippen LogP contribution in [0.15, 0.2) is 29.2 Å². The normalized spacial score (nSPS) is 14.1. The summed E-state index contributed by atoms with van der Waals surface area (Å²) < 4.78 is 0. The summed E-state index contributed by atoms with van der Waals surface area (Å²) in [7, 11) is 0. The summed E-state index contributed by atoms with van der Waals surface area (Å²) in [6.07, 6.45) is 1.29. The summed E-state index contributed by atoms with van der Waals surface area (Å²) in [5.41, 5.74) is 6.28. The Labute approximate surface area is 106 Å². The zero-order valence-corrected chi connectivity index (χ0v) is 10.8. The van der Waals surface area contributed by atoms with Crippen LogP contribution in [0.3, 0.4) is 0 Å². The van der Waals surface area contributed by atoms with Gasteiger partial charge in [0.25, 0.3) is 5.91 Å². The minimum absolute atomic E-state index is 0.161. The molecule has 0 heterocycles. The predicted molar refractivity (Wildman–Crippen MR) is 70.2 cm³/mol. The predicted octanol–water partition coefficient (Wildman–Crippen LogP) is 0.846. The number of thioether (sulfide) groups is 1. The topological polar surface area (TPSA) is 75.4 Å². The lowest BCUT2D eigenvalue weighted by atomic mass is 10.1. The highest BCUT2D eigenvalue weighted by atomic mass is 32.2. The van der Waals surface area contributed by atoms with Gasteiger partial charge in [-0.25, -0.2) is 0 Å². The van der Waals surface area contributed by atoms with E-state index in [0.717, 1.165) is 4.90 Å². The molecule has 0 bridgehead atoms. The minimum Gasteiger partial charge on any atom is -0.392 e. The second kappa shape index (κ2) is 6.64. The van der Waals surface area contributed by atoms with Crippen LogP contribution in [0.25, 0.3) is 0 Å². The molecule has 0 aromatic heterocycles. The van der Waals surface area contributed by atoms with Crippen LogP contribution in [-0.2, 0) is 0 Å². The molecule has 4 nitrogen and oxygen atoms in total. The van der Waals surface area contributed by atoms with Crippen molar-refractivity contribution in [2.45, 2.75) is 24.0 Å². The first-order chi connectivity index (χ1) is 8.06. The Balaban J connectivity index is 2.64. The third kappa shape index (κ3) is 4.03. The summed E-state index contributed by atoms with van der Waals surface area (Å²) >= 11 is 1.52. The first-order valence-electron chi connectivity index (χ1n) is 5.41. The van der Waals surface area contributed by atoms with Crippen LogP contribution in [0.1, 0.15) is 17.3 Å². The van der Waals surface area contributed by atoms with E-state index < -0.39 is 12.1 Å². The first-order valence-corrected chi connectivity index (χ1v) is 6.63. The largest absolute Gasteiger partial charge is 0.392 e. The molecule has 0 saturated heterocycles. The van der Waals surface area contributed by atoms with Gasteiger partial charge in [0, 0.05) is 17.5 Å². The number of benzene rings is 1. The molecular formula is C12H18N2O2S. The Morgan fingerprint density at radius 1 is 1.53 bits per heavy atom. The van der Waals surface area contributed by atoms with E-state index in [4.69, 9.17) is 5.73 Å². The molecule has 1 aromatic rings. The van der Waals surface area contributed by atoms with Gasteiger partial charge >= 0.3 is 0 Å². The summed E-state index contributed by atoms with van der Waals surface area (Å²) in [6, 6.07) is 6.94. The van der Waals surface area contributed by atoms with Gasteiger partial charge in [0.15, 0.2) is 0 Å². The summed E-state index contributed by atoms with van der Waals surface area (Å²) in [5, 5.41) is 11.9. The molecule has 1 rings (SSSR count). The zero-order chi connectivity index (χ0) is 12.8. The molecule has 5 heteroatoms. The first kappa shape index (κ1) is 14.0. The molecule has 2 unspecified atom stereocenters.